The molecule has 2 atom stereocenters. The van der Waals surface area contributed by atoms with Gasteiger partial charge in [0.1, 0.15) is 5.75 Å². The molecule has 1 aromatic heterocycles. The van der Waals surface area contributed by atoms with Crippen molar-refractivity contribution in [3.05, 3.63) is 24.0 Å². The van der Waals surface area contributed by atoms with E-state index in [1.165, 1.54) is 12.3 Å². The van der Waals surface area contributed by atoms with Gasteiger partial charge < -0.3 is 20.0 Å². The number of aliphatic hydroxyl groups is 1. The van der Waals surface area contributed by atoms with Crippen LogP contribution in [0.15, 0.2) is 18.3 Å². The molecule has 1 fully saturated rings. The molecular weight excluding hydrogens is 246 g/mol. The van der Waals surface area contributed by atoms with Crippen LogP contribution in [0.4, 0.5) is 0 Å². The van der Waals surface area contributed by atoms with Gasteiger partial charge in [0, 0.05) is 25.3 Å². The number of aromatic nitrogens is 1. The Morgan fingerprint density at radius 3 is 2.95 bits per heavy atom. The highest BCUT2D eigenvalue weighted by Gasteiger charge is 2.36. The topological polar surface area (TPSA) is 76.9 Å². The second-order valence-electron chi connectivity index (χ2n) is 5.13. The average molecular weight is 265 g/mol. The lowest BCUT2D eigenvalue weighted by Crippen LogP contribution is -2.41. The molecular formula is C13H19N3O3. The van der Waals surface area contributed by atoms with Crippen molar-refractivity contribution >= 4 is 5.91 Å². The van der Waals surface area contributed by atoms with Crippen LogP contribution in [-0.4, -0.2) is 70.2 Å². The number of hydrogen-bond donors (Lipinski definition) is 2. The molecule has 104 valence electrons. The molecule has 0 bridgehead atoms. The number of hydrogen-bond acceptors (Lipinski definition) is 5. The van der Waals surface area contributed by atoms with Crippen molar-refractivity contribution in [1.82, 2.24) is 14.8 Å². The summed E-state index contributed by atoms with van der Waals surface area (Å²) >= 11 is 0. The Balaban J connectivity index is 2.19. The molecule has 2 rings (SSSR count). The van der Waals surface area contributed by atoms with Crippen molar-refractivity contribution in [3.63, 3.8) is 0 Å². The summed E-state index contributed by atoms with van der Waals surface area (Å²) in [6.45, 7) is 0.962. The molecule has 6 heteroatoms. The van der Waals surface area contributed by atoms with Gasteiger partial charge in [-0.25, -0.2) is 4.98 Å². The summed E-state index contributed by atoms with van der Waals surface area (Å²) in [6, 6.07) is 2.95. The van der Waals surface area contributed by atoms with Crippen molar-refractivity contribution in [2.75, 3.05) is 27.2 Å². The Morgan fingerprint density at radius 2 is 2.32 bits per heavy atom. The lowest BCUT2D eigenvalue weighted by molar-refractivity contribution is 0.0690. The SMILES string of the molecule is CN(C)CC1CC(O)CN1C(=O)c1ncccc1O. The number of pyridine rings is 1. The Labute approximate surface area is 112 Å². The minimum absolute atomic E-state index is 0.0420. The quantitative estimate of drug-likeness (QED) is 0.799. The van der Waals surface area contributed by atoms with Crippen molar-refractivity contribution in [2.45, 2.75) is 18.6 Å². The van der Waals surface area contributed by atoms with Crippen LogP contribution in [0.5, 0.6) is 5.75 Å². The maximum atomic E-state index is 12.4. The highest BCUT2D eigenvalue weighted by Crippen LogP contribution is 2.23. The van der Waals surface area contributed by atoms with Gasteiger partial charge in [-0.3, -0.25) is 4.79 Å². The van der Waals surface area contributed by atoms with Gasteiger partial charge in [-0.15, -0.1) is 0 Å². The molecule has 19 heavy (non-hydrogen) atoms. The van der Waals surface area contributed by atoms with E-state index in [2.05, 4.69) is 4.98 Å². The van der Waals surface area contributed by atoms with Gasteiger partial charge in [-0.2, -0.15) is 0 Å². The highest BCUT2D eigenvalue weighted by atomic mass is 16.3. The van der Waals surface area contributed by atoms with Crippen LogP contribution >= 0.6 is 0 Å². The minimum atomic E-state index is -0.514. The van der Waals surface area contributed by atoms with Gasteiger partial charge in [0.25, 0.3) is 5.91 Å². The standard InChI is InChI=1S/C13H19N3O3/c1-15(2)7-9-6-10(17)8-16(9)13(19)12-11(18)4-3-5-14-12/h3-5,9-10,17-18H,6-8H2,1-2H3. The largest absolute Gasteiger partial charge is 0.505 e. The molecule has 1 saturated heterocycles. The third kappa shape index (κ3) is 3.02. The van der Waals surface area contributed by atoms with Gasteiger partial charge in [0.05, 0.1) is 6.10 Å². The third-order valence-corrected chi connectivity index (χ3v) is 3.22. The van der Waals surface area contributed by atoms with Crippen LogP contribution in [0.2, 0.25) is 0 Å². The zero-order chi connectivity index (χ0) is 14.0. The van der Waals surface area contributed by atoms with E-state index in [0.717, 1.165) is 0 Å². The van der Waals surface area contributed by atoms with Crippen LogP contribution in [0.25, 0.3) is 0 Å². The molecule has 0 aliphatic carbocycles. The Hall–Kier alpha value is -1.66. The predicted octanol–water partition coefficient (Wildman–Crippen LogP) is -0.0758. The van der Waals surface area contributed by atoms with Crippen molar-refractivity contribution in [3.8, 4) is 5.75 Å². The van der Waals surface area contributed by atoms with Crippen LogP contribution in [-0.2, 0) is 0 Å². The maximum absolute atomic E-state index is 12.4. The number of likely N-dealkylation sites (N-methyl/N-ethyl adjacent to an activating group) is 1. The van der Waals surface area contributed by atoms with E-state index >= 15 is 0 Å². The Kier molecular flexibility index (Phi) is 4.01. The molecule has 0 spiro atoms. The fourth-order valence-electron chi connectivity index (χ4n) is 2.43. The number of aliphatic hydroxyl groups excluding tert-OH is 1. The summed E-state index contributed by atoms with van der Waals surface area (Å²) in [5.74, 6) is -0.459. The fourth-order valence-corrected chi connectivity index (χ4v) is 2.43. The van der Waals surface area contributed by atoms with E-state index in [0.29, 0.717) is 13.0 Å². The molecule has 1 aliphatic heterocycles. The van der Waals surface area contributed by atoms with E-state index in [1.54, 1.807) is 11.0 Å². The smallest absolute Gasteiger partial charge is 0.276 e. The van der Waals surface area contributed by atoms with Crippen molar-refractivity contribution in [1.29, 1.82) is 0 Å². The number of β-amino-alcohol motifs (C(OH)–C–C–N with tert-alkyl or cyclic N) is 1. The van der Waals surface area contributed by atoms with Crippen LogP contribution < -0.4 is 0 Å². The van der Waals surface area contributed by atoms with Gasteiger partial charge in [0.2, 0.25) is 0 Å². The first kappa shape index (κ1) is 13.8. The lowest BCUT2D eigenvalue weighted by atomic mass is 10.2. The highest BCUT2D eigenvalue weighted by molar-refractivity contribution is 5.95. The van der Waals surface area contributed by atoms with Crippen LogP contribution in [0, 0.1) is 0 Å². The number of carbonyl (C=O) groups is 1. The number of amides is 1. The normalized spacial score (nSPS) is 23.1. The van der Waals surface area contributed by atoms with E-state index in [-0.39, 0.29) is 29.9 Å². The molecule has 2 heterocycles. The number of likely N-dealkylation sites (tertiary alicyclic amines) is 1. The summed E-state index contributed by atoms with van der Waals surface area (Å²) in [7, 11) is 3.84. The number of aromatic hydroxyl groups is 1. The minimum Gasteiger partial charge on any atom is -0.505 e. The second kappa shape index (κ2) is 5.54. The first-order valence-electron chi connectivity index (χ1n) is 6.26. The lowest BCUT2D eigenvalue weighted by Gasteiger charge is -2.26. The second-order valence-corrected chi connectivity index (χ2v) is 5.13. The number of carbonyl (C=O) groups excluding carboxylic acids is 1. The van der Waals surface area contributed by atoms with Gasteiger partial charge in [0.15, 0.2) is 5.69 Å². The zero-order valence-corrected chi connectivity index (χ0v) is 11.2. The summed E-state index contributed by atoms with van der Waals surface area (Å²) in [5.41, 5.74) is 0.0420. The van der Waals surface area contributed by atoms with E-state index < -0.39 is 6.10 Å². The maximum Gasteiger partial charge on any atom is 0.276 e. The molecule has 0 aromatic carbocycles. The summed E-state index contributed by atoms with van der Waals surface area (Å²) in [6.07, 6.45) is 1.51. The summed E-state index contributed by atoms with van der Waals surface area (Å²) in [4.78, 5) is 19.9. The summed E-state index contributed by atoms with van der Waals surface area (Å²) in [5, 5.41) is 19.4. The monoisotopic (exact) mass is 265 g/mol. The third-order valence-electron chi connectivity index (χ3n) is 3.22. The van der Waals surface area contributed by atoms with Crippen LogP contribution in [0.1, 0.15) is 16.9 Å². The van der Waals surface area contributed by atoms with Crippen molar-refractivity contribution in [2.24, 2.45) is 0 Å². The Morgan fingerprint density at radius 1 is 1.58 bits per heavy atom. The van der Waals surface area contributed by atoms with Gasteiger partial charge in [-0.1, -0.05) is 0 Å². The van der Waals surface area contributed by atoms with E-state index in [4.69, 9.17) is 0 Å². The molecule has 1 aromatic rings. The first-order valence-corrected chi connectivity index (χ1v) is 6.26. The molecule has 6 nitrogen and oxygen atoms in total. The molecule has 1 amide bonds. The number of rotatable bonds is 3. The van der Waals surface area contributed by atoms with Crippen molar-refractivity contribution < 1.29 is 15.0 Å². The molecule has 1 aliphatic rings. The Bertz CT molecular complexity index is 464. The first-order chi connectivity index (χ1) is 8.99. The van der Waals surface area contributed by atoms with E-state index in [9.17, 15) is 15.0 Å². The number of nitrogens with zero attached hydrogens (tertiary/aromatic N) is 3. The van der Waals surface area contributed by atoms with Crippen LogP contribution in [0.3, 0.4) is 0 Å². The van der Waals surface area contributed by atoms with E-state index in [1.807, 2.05) is 19.0 Å². The summed E-state index contributed by atoms with van der Waals surface area (Å²) < 4.78 is 0. The van der Waals surface area contributed by atoms with Gasteiger partial charge >= 0.3 is 0 Å². The van der Waals surface area contributed by atoms with Gasteiger partial charge in [-0.05, 0) is 32.6 Å². The molecule has 0 radical (unpaired) electrons. The molecule has 2 N–H and O–H groups in total. The average Bonchev–Trinajstić information content (AvgIpc) is 2.69. The predicted molar refractivity (Wildman–Crippen MR) is 69.9 cm³/mol. The fraction of sp³-hybridized carbons (Fsp3) is 0.538. The molecule has 2 unspecified atom stereocenters. The zero-order valence-electron chi connectivity index (χ0n) is 11.2. The molecule has 0 saturated carbocycles.